The Bertz CT molecular complexity index is 175. The minimum atomic E-state index is -1.96. The van der Waals surface area contributed by atoms with Crippen molar-refractivity contribution in [1.82, 2.24) is 0 Å². The molecule has 9 heteroatoms. The Morgan fingerprint density at radius 2 is 1.91 bits per heavy atom. The highest BCUT2D eigenvalue weighted by Crippen LogP contribution is 1.87. The van der Waals surface area contributed by atoms with E-state index < -0.39 is 7.32 Å². The molecular weight excluding hydrogens is 153 g/mol. The Hall–Kier alpha value is -1.53. The summed E-state index contributed by atoms with van der Waals surface area (Å²) in [6.45, 7) is 0.417. The summed E-state index contributed by atoms with van der Waals surface area (Å²) in [5, 5.41) is 35.9. The molecule has 58 valence electrons. The largest absolute Gasteiger partial charge is 0.717 e. The minimum absolute atomic E-state index is 0.417. The third-order valence-electron chi connectivity index (χ3n) is 0.451. The second-order valence-corrected chi connectivity index (χ2v) is 1.14. The van der Waals surface area contributed by atoms with Gasteiger partial charge in [-0.15, -0.1) is 10.2 Å². The lowest BCUT2D eigenvalue weighted by Crippen LogP contribution is -2.12. The molecular formula is C2H4BN5O3. The van der Waals surface area contributed by atoms with E-state index in [1.165, 1.54) is 0 Å². The summed E-state index contributed by atoms with van der Waals surface area (Å²) in [7, 11) is -1.96. The maximum absolute atomic E-state index is 7.66. The molecule has 0 aromatic carbocycles. The molecule has 0 unspecified atom stereocenters. The highest BCUT2D eigenvalue weighted by atomic mass is 16.6. The zero-order valence-corrected chi connectivity index (χ0v) is 5.32. The first-order valence-electron chi connectivity index (χ1n) is 2.41. The van der Waals surface area contributed by atoms with Crippen LogP contribution in [0.3, 0.4) is 0 Å². The van der Waals surface area contributed by atoms with Crippen LogP contribution in [0.4, 0.5) is 0 Å². The van der Waals surface area contributed by atoms with Gasteiger partial charge in [-0.05, 0) is 10.4 Å². The van der Waals surface area contributed by atoms with Crippen molar-refractivity contribution in [3.8, 4) is 6.26 Å². The minimum Gasteiger partial charge on any atom is -0.442 e. The SMILES string of the molecule is C1N=NN=N1.N#COB(O)O. The van der Waals surface area contributed by atoms with Gasteiger partial charge >= 0.3 is 7.32 Å². The Morgan fingerprint density at radius 3 is 2.00 bits per heavy atom. The molecule has 1 heterocycles. The molecule has 1 aliphatic rings. The molecule has 0 amide bonds. The lowest BCUT2D eigenvalue weighted by molar-refractivity contribution is 0.267. The van der Waals surface area contributed by atoms with Gasteiger partial charge in [0, 0.05) is 0 Å². The van der Waals surface area contributed by atoms with E-state index in [1.54, 1.807) is 0 Å². The fraction of sp³-hybridized carbons (Fsp3) is 0.500. The van der Waals surface area contributed by atoms with Crippen LogP contribution in [0.1, 0.15) is 0 Å². The zero-order valence-electron chi connectivity index (χ0n) is 5.32. The third kappa shape index (κ3) is 8.47. The lowest BCUT2D eigenvalue weighted by Gasteiger charge is -1.83. The topological polar surface area (TPSA) is 123 Å². The zero-order chi connectivity index (χ0) is 8.53. The highest BCUT2D eigenvalue weighted by Gasteiger charge is 2.06. The summed E-state index contributed by atoms with van der Waals surface area (Å²) in [5.41, 5.74) is 0. The van der Waals surface area contributed by atoms with Crippen molar-refractivity contribution >= 4 is 7.32 Å². The summed E-state index contributed by atoms with van der Waals surface area (Å²) in [5.74, 6) is 0. The van der Waals surface area contributed by atoms with Crippen LogP contribution in [0, 0.1) is 11.5 Å². The van der Waals surface area contributed by atoms with E-state index in [9.17, 15) is 0 Å². The van der Waals surface area contributed by atoms with Crippen molar-refractivity contribution in [3.05, 3.63) is 0 Å². The monoisotopic (exact) mass is 157 g/mol. The van der Waals surface area contributed by atoms with E-state index in [4.69, 9.17) is 15.3 Å². The van der Waals surface area contributed by atoms with Gasteiger partial charge in [0.1, 0.15) is 0 Å². The lowest BCUT2D eigenvalue weighted by atomic mass is 10.3. The first-order chi connectivity index (χ1) is 5.27. The maximum atomic E-state index is 7.66. The van der Waals surface area contributed by atoms with Crippen LogP contribution in [-0.4, -0.2) is 24.0 Å². The Balaban J connectivity index is 0.000000183. The van der Waals surface area contributed by atoms with Crippen molar-refractivity contribution in [2.75, 3.05) is 6.67 Å². The van der Waals surface area contributed by atoms with Crippen LogP contribution in [-0.2, 0) is 4.65 Å². The quantitative estimate of drug-likeness (QED) is 0.383. The predicted octanol–water partition coefficient (Wildman–Crippen LogP) is -0.770. The Morgan fingerprint density at radius 1 is 1.36 bits per heavy atom. The van der Waals surface area contributed by atoms with Crippen LogP contribution in [0.5, 0.6) is 0 Å². The third-order valence-corrected chi connectivity index (χ3v) is 0.451. The molecule has 0 spiro atoms. The number of nitriles is 1. The van der Waals surface area contributed by atoms with E-state index in [2.05, 4.69) is 25.3 Å². The molecule has 1 aliphatic heterocycles. The summed E-state index contributed by atoms with van der Waals surface area (Å²) >= 11 is 0. The summed E-state index contributed by atoms with van der Waals surface area (Å²) in [4.78, 5) is 0. The van der Waals surface area contributed by atoms with Crippen LogP contribution in [0.25, 0.3) is 0 Å². The van der Waals surface area contributed by atoms with Crippen molar-refractivity contribution in [2.24, 2.45) is 20.7 Å². The van der Waals surface area contributed by atoms with Gasteiger partial charge in [-0.3, -0.25) is 0 Å². The van der Waals surface area contributed by atoms with Crippen LogP contribution < -0.4 is 0 Å². The van der Waals surface area contributed by atoms with Crippen LogP contribution >= 0.6 is 0 Å². The average molecular weight is 157 g/mol. The molecule has 2 N–H and O–H groups in total. The maximum Gasteiger partial charge on any atom is 0.717 e. The summed E-state index contributed by atoms with van der Waals surface area (Å²) < 4.78 is 3.46. The molecule has 0 aliphatic carbocycles. The Kier molecular flexibility index (Phi) is 5.68. The number of hydrogen-bond donors (Lipinski definition) is 2. The second kappa shape index (κ2) is 6.59. The predicted molar refractivity (Wildman–Crippen MR) is 31.5 cm³/mol. The first kappa shape index (κ1) is 9.47. The molecule has 0 atom stereocenters. The molecule has 0 fully saturated rings. The van der Waals surface area contributed by atoms with Crippen molar-refractivity contribution in [2.45, 2.75) is 0 Å². The molecule has 1 rings (SSSR count). The standard InChI is InChI=1S/CH2BNO3.CH2N4/c3-1-6-2(4)5;1-2-4-5-3-1/h4-5H;1H2. The van der Waals surface area contributed by atoms with E-state index in [1.807, 2.05) is 0 Å². The van der Waals surface area contributed by atoms with Gasteiger partial charge in [0.25, 0.3) is 6.26 Å². The molecule has 0 bridgehead atoms. The number of nitrogens with zero attached hydrogens (tertiary/aromatic N) is 5. The molecule has 0 aromatic heterocycles. The fourth-order valence-corrected chi connectivity index (χ4v) is 0.189. The normalized spacial score (nSPS) is 11.4. The number of rotatable bonds is 1. The summed E-state index contributed by atoms with van der Waals surface area (Å²) in [6.07, 6.45) is 1.07. The molecule has 11 heavy (non-hydrogen) atoms. The fourth-order valence-electron chi connectivity index (χ4n) is 0.189. The smallest absolute Gasteiger partial charge is 0.442 e. The van der Waals surface area contributed by atoms with E-state index in [-0.39, 0.29) is 0 Å². The molecule has 0 saturated heterocycles. The van der Waals surface area contributed by atoms with Gasteiger partial charge in [0.2, 0.25) is 0 Å². The van der Waals surface area contributed by atoms with Crippen molar-refractivity contribution in [1.29, 1.82) is 5.26 Å². The average Bonchev–Trinajstić information content (AvgIpc) is 2.41. The van der Waals surface area contributed by atoms with E-state index in [0.29, 0.717) is 6.67 Å². The van der Waals surface area contributed by atoms with E-state index >= 15 is 0 Å². The van der Waals surface area contributed by atoms with Gasteiger partial charge in [0.15, 0.2) is 6.67 Å². The van der Waals surface area contributed by atoms with Gasteiger partial charge < -0.3 is 14.7 Å². The second-order valence-electron chi connectivity index (χ2n) is 1.14. The van der Waals surface area contributed by atoms with Gasteiger partial charge in [-0.25, -0.2) is 0 Å². The van der Waals surface area contributed by atoms with Gasteiger partial charge in [0.05, 0.1) is 0 Å². The summed E-state index contributed by atoms with van der Waals surface area (Å²) in [6, 6.07) is 0. The van der Waals surface area contributed by atoms with E-state index in [0.717, 1.165) is 6.26 Å². The van der Waals surface area contributed by atoms with Crippen LogP contribution in [0.15, 0.2) is 20.7 Å². The van der Waals surface area contributed by atoms with Crippen molar-refractivity contribution in [3.63, 3.8) is 0 Å². The van der Waals surface area contributed by atoms with Crippen LogP contribution in [0.2, 0.25) is 0 Å². The van der Waals surface area contributed by atoms with Gasteiger partial charge in [-0.2, -0.15) is 5.26 Å². The van der Waals surface area contributed by atoms with Gasteiger partial charge in [-0.1, -0.05) is 0 Å². The molecule has 0 radical (unpaired) electrons. The first-order valence-corrected chi connectivity index (χ1v) is 2.41. The number of hydrogen-bond acceptors (Lipinski definition) is 8. The molecule has 0 aromatic rings. The molecule has 0 saturated carbocycles. The Labute approximate surface area is 62.0 Å². The van der Waals surface area contributed by atoms with Crippen molar-refractivity contribution < 1.29 is 14.7 Å². The molecule has 8 nitrogen and oxygen atoms in total. The highest BCUT2D eigenvalue weighted by molar-refractivity contribution is 6.33.